The van der Waals surface area contributed by atoms with Crippen molar-refractivity contribution in [3.63, 3.8) is 0 Å². The van der Waals surface area contributed by atoms with Gasteiger partial charge < -0.3 is 5.73 Å². The van der Waals surface area contributed by atoms with E-state index in [2.05, 4.69) is 0 Å². The van der Waals surface area contributed by atoms with E-state index in [1.807, 2.05) is 6.07 Å². The van der Waals surface area contributed by atoms with E-state index in [9.17, 15) is 8.42 Å². The number of hydrogen-bond acceptors (Lipinski definition) is 4. The maximum absolute atomic E-state index is 10.9. The number of nitrogens with two attached hydrogens (primary N) is 1. The second kappa shape index (κ2) is 2.80. The zero-order valence-electron chi connectivity index (χ0n) is 6.03. The molecule has 62 valence electrons. The summed E-state index contributed by atoms with van der Waals surface area (Å²) < 4.78 is 21.9. The van der Waals surface area contributed by atoms with Gasteiger partial charge in [0.15, 0.2) is 9.84 Å². The molecule has 5 heteroatoms. The predicted molar refractivity (Wildman–Crippen MR) is 40.3 cm³/mol. The van der Waals surface area contributed by atoms with Crippen LogP contribution in [0.3, 0.4) is 0 Å². The van der Waals surface area contributed by atoms with Gasteiger partial charge in [-0.05, 0) is 6.42 Å². The van der Waals surface area contributed by atoms with Crippen molar-refractivity contribution in [3.05, 3.63) is 0 Å². The minimum atomic E-state index is -2.95. The predicted octanol–water partition coefficient (Wildman–Crippen LogP) is -0.728. The van der Waals surface area contributed by atoms with Gasteiger partial charge in [0, 0.05) is 6.04 Å². The van der Waals surface area contributed by atoms with E-state index in [0.717, 1.165) is 0 Å². The highest BCUT2D eigenvalue weighted by Gasteiger charge is 2.30. The molecule has 0 aliphatic carbocycles. The lowest BCUT2D eigenvalue weighted by Crippen LogP contribution is -2.42. The topological polar surface area (TPSA) is 84.0 Å². The van der Waals surface area contributed by atoms with E-state index < -0.39 is 15.9 Å². The molecule has 0 unspecified atom stereocenters. The van der Waals surface area contributed by atoms with Crippen LogP contribution in [0.2, 0.25) is 0 Å². The van der Waals surface area contributed by atoms with Crippen LogP contribution in [0.15, 0.2) is 0 Å². The molecule has 1 aliphatic heterocycles. The molecule has 1 rings (SSSR count). The van der Waals surface area contributed by atoms with Gasteiger partial charge in [0.25, 0.3) is 0 Å². The number of sulfone groups is 1. The van der Waals surface area contributed by atoms with E-state index in [1.165, 1.54) is 0 Å². The number of nitrogens with zero attached hydrogens (tertiary/aromatic N) is 1. The molecule has 1 saturated heterocycles. The van der Waals surface area contributed by atoms with Gasteiger partial charge in [-0.15, -0.1) is 0 Å². The Kier molecular flexibility index (Phi) is 2.16. The summed E-state index contributed by atoms with van der Waals surface area (Å²) in [7, 11) is -2.95. The molecule has 1 aliphatic rings. The first kappa shape index (κ1) is 8.50. The highest BCUT2D eigenvalue weighted by Crippen LogP contribution is 2.16. The van der Waals surface area contributed by atoms with Gasteiger partial charge in [-0.2, -0.15) is 5.26 Å². The van der Waals surface area contributed by atoms with Gasteiger partial charge in [-0.3, -0.25) is 0 Å². The first-order valence-corrected chi connectivity index (χ1v) is 5.23. The van der Waals surface area contributed by atoms with Crippen molar-refractivity contribution in [2.45, 2.75) is 12.5 Å². The van der Waals surface area contributed by atoms with Gasteiger partial charge in [-0.25, -0.2) is 8.42 Å². The van der Waals surface area contributed by atoms with Crippen LogP contribution in [-0.4, -0.2) is 26.0 Å². The van der Waals surface area contributed by atoms with Crippen molar-refractivity contribution in [1.82, 2.24) is 0 Å². The fourth-order valence-electron chi connectivity index (χ4n) is 1.17. The standard InChI is InChI=1S/C6H10N2O2S/c7-3-5-1-2-11(9,10)4-6(5)8/h5-6H,1-2,4,8H2/t5-,6-/m1/s1. The molecule has 0 aromatic heterocycles. The summed E-state index contributed by atoms with van der Waals surface area (Å²) in [4.78, 5) is 0. The van der Waals surface area contributed by atoms with E-state index >= 15 is 0 Å². The summed E-state index contributed by atoms with van der Waals surface area (Å²) in [6.07, 6.45) is 0.389. The molecule has 0 amide bonds. The van der Waals surface area contributed by atoms with Crippen LogP contribution < -0.4 is 5.73 Å². The second-order valence-electron chi connectivity index (χ2n) is 2.80. The van der Waals surface area contributed by atoms with Crippen molar-refractivity contribution in [2.24, 2.45) is 11.7 Å². The maximum atomic E-state index is 10.9. The van der Waals surface area contributed by atoms with Crippen LogP contribution in [0.1, 0.15) is 6.42 Å². The van der Waals surface area contributed by atoms with Gasteiger partial charge >= 0.3 is 0 Å². The molecule has 0 aromatic rings. The summed E-state index contributed by atoms with van der Waals surface area (Å²) >= 11 is 0. The summed E-state index contributed by atoms with van der Waals surface area (Å²) in [6.45, 7) is 0. The van der Waals surface area contributed by atoms with E-state index in [1.54, 1.807) is 0 Å². The Hall–Kier alpha value is -0.600. The molecular formula is C6H10N2O2S. The van der Waals surface area contributed by atoms with E-state index in [0.29, 0.717) is 6.42 Å². The van der Waals surface area contributed by atoms with E-state index in [4.69, 9.17) is 11.0 Å². The van der Waals surface area contributed by atoms with Gasteiger partial charge in [0.05, 0.1) is 23.5 Å². The first-order valence-electron chi connectivity index (χ1n) is 3.41. The third kappa shape index (κ3) is 1.91. The lowest BCUT2D eigenvalue weighted by molar-refractivity contribution is 0.490. The zero-order valence-corrected chi connectivity index (χ0v) is 6.84. The zero-order chi connectivity index (χ0) is 8.48. The Morgan fingerprint density at radius 2 is 2.18 bits per heavy atom. The summed E-state index contributed by atoms with van der Waals surface area (Å²) in [5.74, 6) is -0.206. The van der Waals surface area contributed by atoms with Crippen LogP contribution >= 0.6 is 0 Å². The SMILES string of the molecule is N#C[C@H]1CCS(=O)(=O)C[C@H]1N. The van der Waals surface area contributed by atoms with Gasteiger partial charge in [0.2, 0.25) is 0 Å². The van der Waals surface area contributed by atoms with Crippen molar-refractivity contribution in [2.75, 3.05) is 11.5 Å². The second-order valence-corrected chi connectivity index (χ2v) is 5.03. The average Bonchev–Trinajstić information content (AvgIpc) is 1.86. The molecule has 0 aromatic carbocycles. The lowest BCUT2D eigenvalue weighted by Gasteiger charge is -2.22. The molecular weight excluding hydrogens is 164 g/mol. The molecule has 0 bridgehead atoms. The summed E-state index contributed by atoms with van der Waals surface area (Å²) in [5, 5.41) is 8.51. The fraction of sp³-hybridized carbons (Fsp3) is 0.833. The Bertz CT molecular complexity index is 277. The van der Waals surface area contributed by atoms with Crippen molar-refractivity contribution in [3.8, 4) is 6.07 Å². The third-order valence-corrected chi connectivity index (χ3v) is 3.62. The Labute approximate surface area is 65.9 Å². The normalized spacial score (nSPS) is 36.0. The molecule has 0 radical (unpaired) electrons. The highest BCUT2D eigenvalue weighted by molar-refractivity contribution is 7.91. The molecule has 1 fully saturated rings. The van der Waals surface area contributed by atoms with Crippen LogP contribution in [0.4, 0.5) is 0 Å². The molecule has 4 nitrogen and oxygen atoms in total. The van der Waals surface area contributed by atoms with Gasteiger partial charge in [-0.1, -0.05) is 0 Å². The van der Waals surface area contributed by atoms with Crippen molar-refractivity contribution in [1.29, 1.82) is 5.26 Å². The van der Waals surface area contributed by atoms with Crippen molar-refractivity contribution < 1.29 is 8.42 Å². The number of rotatable bonds is 0. The van der Waals surface area contributed by atoms with Crippen LogP contribution in [0, 0.1) is 17.2 Å². The van der Waals surface area contributed by atoms with E-state index in [-0.39, 0.29) is 17.4 Å². The van der Waals surface area contributed by atoms with Crippen LogP contribution in [-0.2, 0) is 9.84 Å². The molecule has 2 atom stereocenters. The molecule has 2 N–H and O–H groups in total. The maximum Gasteiger partial charge on any atom is 0.151 e. The average molecular weight is 174 g/mol. The summed E-state index contributed by atoms with van der Waals surface area (Å²) in [6, 6.07) is 1.51. The third-order valence-electron chi connectivity index (χ3n) is 1.87. The van der Waals surface area contributed by atoms with Crippen molar-refractivity contribution >= 4 is 9.84 Å². The first-order chi connectivity index (χ1) is 5.05. The largest absolute Gasteiger partial charge is 0.326 e. The molecule has 0 saturated carbocycles. The van der Waals surface area contributed by atoms with Gasteiger partial charge in [0.1, 0.15) is 0 Å². The molecule has 0 spiro atoms. The smallest absolute Gasteiger partial charge is 0.151 e. The highest BCUT2D eigenvalue weighted by atomic mass is 32.2. The Morgan fingerprint density at radius 3 is 2.64 bits per heavy atom. The number of hydrogen-bond donors (Lipinski definition) is 1. The summed E-state index contributed by atoms with van der Waals surface area (Å²) in [5.41, 5.74) is 5.46. The Morgan fingerprint density at radius 1 is 1.55 bits per heavy atom. The minimum Gasteiger partial charge on any atom is -0.326 e. The van der Waals surface area contributed by atoms with Crippen LogP contribution in [0.25, 0.3) is 0 Å². The fourth-order valence-corrected chi connectivity index (χ4v) is 2.77. The lowest BCUT2D eigenvalue weighted by atomic mass is 10.0. The monoisotopic (exact) mass is 174 g/mol. The Balaban J connectivity index is 2.71. The molecule has 11 heavy (non-hydrogen) atoms. The quantitative estimate of drug-likeness (QED) is 0.525. The minimum absolute atomic E-state index is 0.0365. The number of nitriles is 1. The van der Waals surface area contributed by atoms with Crippen LogP contribution in [0.5, 0.6) is 0 Å². The molecule has 1 heterocycles.